The first-order valence-electron chi connectivity index (χ1n) is 7.99. The summed E-state index contributed by atoms with van der Waals surface area (Å²) in [5.41, 5.74) is 5.15. The molecule has 0 saturated carbocycles. The molecule has 5 heteroatoms. The summed E-state index contributed by atoms with van der Waals surface area (Å²) in [6.45, 7) is 8.33. The molecule has 23 heavy (non-hydrogen) atoms. The first-order valence-corrected chi connectivity index (χ1v) is 8.87. The molecule has 1 aromatic carbocycles. The Kier molecular flexibility index (Phi) is 3.75. The summed E-state index contributed by atoms with van der Waals surface area (Å²) in [5.74, 6) is 1.07. The summed E-state index contributed by atoms with van der Waals surface area (Å²) in [7, 11) is 0. The van der Waals surface area contributed by atoms with Crippen LogP contribution in [0.15, 0.2) is 29.9 Å². The van der Waals surface area contributed by atoms with Crippen molar-refractivity contribution in [2.45, 2.75) is 13.8 Å². The van der Waals surface area contributed by atoms with Crippen LogP contribution in [0, 0.1) is 13.8 Å². The summed E-state index contributed by atoms with van der Waals surface area (Å²) >= 11 is 1.70. The Hall–Kier alpha value is -1.98. The molecule has 0 radical (unpaired) electrons. The Morgan fingerprint density at radius 3 is 2.70 bits per heavy atom. The van der Waals surface area contributed by atoms with Crippen LogP contribution < -0.4 is 10.2 Å². The molecule has 0 spiro atoms. The van der Waals surface area contributed by atoms with Gasteiger partial charge in [-0.25, -0.2) is 9.97 Å². The van der Waals surface area contributed by atoms with Crippen molar-refractivity contribution >= 4 is 27.4 Å². The van der Waals surface area contributed by atoms with Gasteiger partial charge in [0.2, 0.25) is 0 Å². The lowest BCUT2D eigenvalue weighted by molar-refractivity contribution is 0.586. The SMILES string of the molecule is Cc1ccc(-c2csc3ncnc(N4CCNCC4)c23)cc1C. The van der Waals surface area contributed by atoms with Gasteiger partial charge in [0.1, 0.15) is 17.0 Å². The zero-order valence-corrected chi connectivity index (χ0v) is 14.3. The van der Waals surface area contributed by atoms with E-state index in [0.29, 0.717) is 0 Å². The molecule has 1 aliphatic heterocycles. The second-order valence-corrected chi connectivity index (χ2v) is 6.92. The number of piperazine rings is 1. The minimum Gasteiger partial charge on any atom is -0.353 e. The van der Waals surface area contributed by atoms with Crippen LogP contribution in [0.25, 0.3) is 21.3 Å². The molecular formula is C18H20N4S. The van der Waals surface area contributed by atoms with Crippen molar-refractivity contribution in [3.8, 4) is 11.1 Å². The third kappa shape index (κ3) is 2.60. The van der Waals surface area contributed by atoms with Crippen molar-refractivity contribution in [3.05, 3.63) is 41.0 Å². The highest BCUT2D eigenvalue weighted by Crippen LogP contribution is 2.38. The quantitative estimate of drug-likeness (QED) is 0.784. The average Bonchev–Trinajstić information content (AvgIpc) is 3.02. The van der Waals surface area contributed by atoms with Crippen molar-refractivity contribution in [1.82, 2.24) is 15.3 Å². The molecule has 0 bridgehead atoms. The molecular weight excluding hydrogens is 304 g/mol. The normalized spacial score (nSPS) is 15.3. The lowest BCUT2D eigenvalue weighted by Gasteiger charge is -2.29. The second-order valence-electron chi connectivity index (χ2n) is 6.06. The number of aryl methyl sites for hydroxylation is 2. The molecule has 0 unspecified atom stereocenters. The summed E-state index contributed by atoms with van der Waals surface area (Å²) in [4.78, 5) is 12.6. The first-order chi connectivity index (χ1) is 11.2. The van der Waals surface area contributed by atoms with Crippen LogP contribution in [-0.4, -0.2) is 36.1 Å². The topological polar surface area (TPSA) is 41.1 Å². The fraction of sp³-hybridized carbons (Fsp3) is 0.333. The number of fused-ring (bicyclic) bond motifs is 1. The molecule has 4 nitrogen and oxygen atoms in total. The van der Waals surface area contributed by atoms with E-state index in [0.717, 1.165) is 36.8 Å². The average molecular weight is 324 g/mol. The van der Waals surface area contributed by atoms with Crippen LogP contribution in [0.3, 0.4) is 0 Å². The number of hydrogen-bond donors (Lipinski definition) is 1. The third-order valence-electron chi connectivity index (χ3n) is 4.58. The maximum atomic E-state index is 4.62. The molecule has 0 amide bonds. The molecule has 3 heterocycles. The van der Waals surface area contributed by atoms with Crippen LogP contribution in [0.2, 0.25) is 0 Å². The van der Waals surface area contributed by atoms with E-state index in [2.05, 4.69) is 57.6 Å². The van der Waals surface area contributed by atoms with E-state index in [-0.39, 0.29) is 0 Å². The number of nitrogens with zero attached hydrogens (tertiary/aromatic N) is 3. The lowest BCUT2D eigenvalue weighted by atomic mass is 10.0. The number of anilines is 1. The highest BCUT2D eigenvalue weighted by Gasteiger charge is 2.19. The molecule has 118 valence electrons. The minimum atomic E-state index is 0.994. The summed E-state index contributed by atoms with van der Waals surface area (Å²) in [5, 5.41) is 6.82. The first kappa shape index (κ1) is 14.6. The maximum absolute atomic E-state index is 4.62. The Bertz CT molecular complexity index is 849. The van der Waals surface area contributed by atoms with Gasteiger partial charge < -0.3 is 10.2 Å². The van der Waals surface area contributed by atoms with E-state index in [1.165, 1.54) is 27.6 Å². The molecule has 0 aliphatic carbocycles. The Morgan fingerprint density at radius 2 is 1.91 bits per heavy atom. The minimum absolute atomic E-state index is 0.994. The molecule has 4 rings (SSSR count). The van der Waals surface area contributed by atoms with Crippen molar-refractivity contribution in [2.75, 3.05) is 31.1 Å². The van der Waals surface area contributed by atoms with Gasteiger partial charge in [-0.15, -0.1) is 11.3 Å². The van der Waals surface area contributed by atoms with Crippen LogP contribution in [0.1, 0.15) is 11.1 Å². The summed E-state index contributed by atoms with van der Waals surface area (Å²) in [6.07, 6.45) is 1.69. The number of rotatable bonds is 2. The van der Waals surface area contributed by atoms with E-state index in [9.17, 15) is 0 Å². The number of nitrogens with one attached hydrogen (secondary N) is 1. The van der Waals surface area contributed by atoms with Gasteiger partial charge in [-0.3, -0.25) is 0 Å². The highest BCUT2D eigenvalue weighted by atomic mass is 32.1. The zero-order chi connectivity index (χ0) is 15.8. The monoisotopic (exact) mass is 324 g/mol. The van der Waals surface area contributed by atoms with E-state index in [1.54, 1.807) is 17.7 Å². The largest absolute Gasteiger partial charge is 0.353 e. The Labute approximate surface area is 140 Å². The molecule has 1 N–H and O–H groups in total. The van der Waals surface area contributed by atoms with Gasteiger partial charge in [0.25, 0.3) is 0 Å². The number of hydrogen-bond acceptors (Lipinski definition) is 5. The van der Waals surface area contributed by atoms with Crippen LogP contribution in [-0.2, 0) is 0 Å². The van der Waals surface area contributed by atoms with Gasteiger partial charge in [-0.1, -0.05) is 18.2 Å². The third-order valence-corrected chi connectivity index (χ3v) is 5.47. The molecule has 1 fully saturated rings. The Morgan fingerprint density at radius 1 is 1.09 bits per heavy atom. The molecule has 1 aliphatic rings. The van der Waals surface area contributed by atoms with Gasteiger partial charge in [0, 0.05) is 37.1 Å². The van der Waals surface area contributed by atoms with Gasteiger partial charge in [-0.2, -0.15) is 0 Å². The number of aromatic nitrogens is 2. The van der Waals surface area contributed by atoms with Crippen molar-refractivity contribution in [1.29, 1.82) is 0 Å². The molecule has 2 aromatic heterocycles. The fourth-order valence-corrected chi connectivity index (χ4v) is 4.01. The molecule has 1 saturated heterocycles. The zero-order valence-electron chi connectivity index (χ0n) is 13.5. The van der Waals surface area contributed by atoms with Gasteiger partial charge in [-0.05, 0) is 30.5 Å². The van der Waals surface area contributed by atoms with Crippen LogP contribution >= 0.6 is 11.3 Å². The van der Waals surface area contributed by atoms with Crippen LogP contribution in [0.5, 0.6) is 0 Å². The van der Waals surface area contributed by atoms with E-state index in [4.69, 9.17) is 0 Å². The summed E-state index contributed by atoms with van der Waals surface area (Å²) < 4.78 is 0. The van der Waals surface area contributed by atoms with Gasteiger partial charge >= 0.3 is 0 Å². The van der Waals surface area contributed by atoms with Crippen LogP contribution in [0.4, 0.5) is 5.82 Å². The van der Waals surface area contributed by atoms with Crippen molar-refractivity contribution in [3.63, 3.8) is 0 Å². The second kappa shape index (κ2) is 5.91. The standard InChI is InChI=1S/C18H20N4S/c1-12-3-4-14(9-13(12)2)15-10-23-18-16(15)17(20-11-21-18)22-7-5-19-6-8-22/h3-4,9-11,19H,5-8H2,1-2H3. The lowest BCUT2D eigenvalue weighted by Crippen LogP contribution is -2.44. The van der Waals surface area contributed by atoms with E-state index >= 15 is 0 Å². The molecule has 0 atom stereocenters. The van der Waals surface area contributed by atoms with E-state index in [1.807, 2.05) is 0 Å². The molecule has 3 aromatic rings. The Balaban J connectivity index is 1.88. The highest BCUT2D eigenvalue weighted by molar-refractivity contribution is 7.17. The van der Waals surface area contributed by atoms with Gasteiger partial charge in [0.05, 0.1) is 5.39 Å². The maximum Gasteiger partial charge on any atom is 0.141 e. The van der Waals surface area contributed by atoms with Crippen molar-refractivity contribution in [2.24, 2.45) is 0 Å². The van der Waals surface area contributed by atoms with E-state index < -0.39 is 0 Å². The number of thiophene rings is 1. The predicted octanol–water partition coefficient (Wildman–Crippen LogP) is 3.38. The number of benzene rings is 1. The van der Waals surface area contributed by atoms with Crippen molar-refractivity contribution < 1.29 is 0 Å². The van der Waals surface area contributed by atoms with Gasteiger partial charge in [0.15, 0.2) is 0 Å². The fourth-order valence-electron chi connectivity index (χ4n) is 3.10. The summed E-state index contributed by atoms with van der Waals surface area (Å²) in [6, 6.07) is 6.67. The smallest absolute Gasteiger partial charge is 0.141 e. The predicted molar refractivity (Wildman–Crippen MR) is 97.4 cm³/mol.